The maximum atomic E-state index is 13.0. The highest BCUT2D eigenvalue weighted by Gasteiger charge is 2.26. The molecule has 2 aromatic carbocycles. The molecule has 0 bridgehead atoms. The first-order chi connectivity index (χ1) is 11.9. The van der Waals surface area contributed by atoms with Crippen LogP contribution in [0, 0.1) is 0 Å². The van der Waals surface area contributed by atoms with Gasteiger partial charge in [-0.3, -0.25) is 0 Å². The number of benzene rings is 2. The highest BCUT2D eigenvalue weighted by molar-refractivity contribution is 7.91. The molecule has 1 heterocycles. The van der Waals surface area contributed by atoms with Crippen molar-refractivity contribution in [1.29, 1.82) is 0 Å². The number of halogens is 3. The molecule has 10 heteroatoms. The van der Waals surface area contributed by atoms with Crippen LogP contribution in [-0.2, 0) is 9.84 Å². The van der Waals surface area contributed by atoms with Crippen molar-refractivity contribution < 1.29 is 13.2 Å². The van der Waals surface area contributed by atoms with Gasteiger partial charge in [0.15, 0.2) is 5.75 Å². The van der Waals surface area contributed by atoms with Crippen molar-refractivity contribution in [3.05, 3.63) is 64.1 Å². The molecule has 0 aliphatic rings. The van der Waals surface area contributed by atoms with Crippen LogP contribution in [0.4, 0.5) is 0 Å². The second-order valence-corrected chi connectivity index (χ2v) is 7.89. The Balaban J connectivity index is 2.16. The van der Waals surface area contributed by atoms with Gasteiger partial charge >= 0.3 is 6.01 Å². The number of hydrogen-bond donors (Lipinski definition) is 0. The summed E-state index contributed by atoms with van der Waals surface area (Å²) in [7, 11) is -3.98. The van der Waals surface area contributed by atoms with Gasteiger partial charge in [-0.2, -0.15) is 9.97 Å². The van der Waals surface area contributed by atoms with Crippen molar-refractivity contribution in [2.75, 3.05) is 0 Å². The van der Waals surface area contributed by atoms with E-state index in [1.165, 1.54) is 49.1 Å². The van der Waals surface area contributed by atoms with Crippen LogP contribution in [0.25, 0.3) is 0 Å². The van der Waals surface area contributed by atoms with E-state index in [2.05, 4.69) is 15.0 Å². The molecule has 0 fully saturated rings. The standard InChI is InChI=1S/C15H8Cl3N3O3S/c16-9-1-3-11(4-2-9)25(22,23)13-6-10(17)5-12(18)14(13)24-15-20-7-19-8-21-15/h1-8H. The van der Waals surface area contributed by atoms with Crippen molar-refractivity contribution in [3.63, 3.8) is 0 Å². The summed E-state index contributed by atoms with van der Waals surface area (Å²) >= 11 is 17.9. The zero-order chi connectivity index (χ0) is 18.0. The quantitative estimate of drug-likeness (QED) is 0.624. The third-order valence-electron chi connectivity index (χ3n) is 3.05. The molecule has 128 valence electrons. The molecule has 0 radical (unpaired) electrons. The van der Waals surface area contributed by atoms with Gasteiger partial charge in [-0.1, -0.05) is 34.8 Å². The first-order valence-corrected chi connectivity index (χ1v) is 9.29. The minimum atomic E-state index is -3.98. The Morgan fingerprint density at radius 1 is 0.880 bits per heavy atom. The molecule has 3 rings (SSSR count). The largest absolute Gasteiger partial charge is 0.421 e. The first-order valence-electron chi connectivity index (χ1n) is 6.67. The van der Waals surface area contributed by atoms with E-state index < -0.39 is 9.84 Å². The van der Waals surface area contributed by atoms with Crippen molar-refractivity contribution in [2.24, 2.45) is 0 Å². The number of hydrogen-bond acceptors (Lipinski definition) is 6. The Bertz CT molecular complexity index is 1010. The van der Waals surface area contributed by atoms with Gasteiger partial charge in [0.25, 0.3) is 0 Å². The lowest BCUT2D eigenvalue weighted by molar-refractivity contribution is 0.427. The van der Waals surface area contributed by atoms with E-state index in [4.69, 9.17) is 39.5 Å². The normalized spacial score (nSPS) is 11.3. The van der Waals surface area contributed by atoms with Gasteiger partial charge in [0, 0.05) is 10.0 Å². The van der Waals surface area contributed by atoms with E-state index in [0.29, 0.717) is 5.02 Å². The highest BCUT2D eigenvalue weighted by atomic mass is 35.5. The van der Waals surface area contributed by atoms with Crippen LogP contribution in [0.2, 0.25) is 15.1 Å². The van der Waals surface area contributed by atoms with Crippen LogP contribution in [0.15, 0.2) is 58.8 Å². The Labute approximate surface area is 158 Å². The molecule has 0 N–H and O–H groups in total. The summed E-state index contributed by atoms with van der Waals surface area (Å²) in [6.07, 6.45) is 2.42. The summed E-state index contributed by atoms with van der Waals surface area (Å²) in [6.45, 7) is 0. The van der Waals surface area contributed by atoms with Crippen LogP contribution >= 0.6 is 34.8 Å². The lowest BCUT2D eigenvalue weighted by Gasteiger charge is -2.13. The number of nitrogens with zero attached hydrogens (tertiary/aromatic N) is 3. The van der Waals surface area contributed by atoms with Crippen molar-refractivity contribution >= 4 is 44.6 Å². The molecule has 6 nitrogen and oxygen atoms in total. The van der Waals surface area contributed by atoms with E-state index in [-0.39, 0.29) is 31.6 Å². The topological polar surface area (TPSA) is 82.0 Å². The molecule has 0 aliphatic heterocycles. The lowest BCUT2D eigenvalue weighted by atomic mass is 10.3. The second-order valence-electron chi connectivity index (χ2n) is 4.70. The van der Waals surface area contributed by atoms with Crippen LogP contribution < -0.4 is 4.74 Å². The molecule has 0 atom stereocenters. The van der Waals surface area contributed by atoms with Gasteiger partial charge in [0.1, 0.15) is 17.6 Å². The predicted octanol–water partition coefficient (Wildman–Crippen LogP) is 4.46. The smallest absolute Gasteiger partial charge is 0.325 e. The van der Waals surface area contributed by atoms with Crippen molar-refractivity contribution in [1.82, 2.24) is 15.0 Å². The van der Waals surface area contributed by atoms with Gasteiger partial charge in [0.2, 0.25) is 9.84 Å². The zero-order valence-corrected chi connectivity index (χ0v) is 15.3. The van der Waals surface area contributed by atoms with E-state index in [1.807, 2.05) is 0 Å². The third kappa shape index (κ3) is 3.85. The fourth-order valence-corrected chi connectivity index (χ4v) is 4.15. The van der Waals surface area contributed by atoms with Crippen molar-refractivity contribution in [3.8, 4) is 11.8 Å². The maximum Gasteiger partial charge on any atom is 0.325 e. The number of ether oxygens (including phenoxy) is 1. The molecule has 0 spiro atoms. The van der Waals surface area contributed by atoms with Crippen LogP contribution in [0.1, 0.15) is 0 Å². The van der Waals surface area contributed by atoms with Gasteiger partial charge in [-0.15, -0.1) is 0 Å². The number of rotatable bonds is 4. The fourth-order valence-electron chi connectivity index (χ4n) is 1.95. The Hall–Kier alpha value is -1.93. The average Bonchev–Trinajstić information content (AvgIpc) is 2.58. The minimum Gasteiger partial charge on any atom is -0.421 e. The van der Waals surface area contributed by atoms with E-state index in [1.54, 1.807) is 0 Å². The molecule has 0 amide bonds. The van der Waals surface area contributed by atoms with E-state index in [9.17, 15) is 8.42 Å². The molecule has 0 aliphatic carbocycles. The average molecular weight is 417 g/mol. The summed E-state index contributed by atoms with van der Waals surface area (Å²) < 4.78 is 31.4. The summed E-state index contributed by atoms with van der Waals surface area (Å²) in [4.78, 5) is 11.1. The summed E-state index contributed by atoms with van der Waals surface area (Å²) in [5.41, 5.74) is 0. The lowest BCUT2D eigenvalue weighted by Crippen LogP contribution is -2.05. The Morgan fingerprint density at radius 3 is 2.16 bits per heavy atom. The van der Waals surface area contributed by atoms with Gasteiger partial charge < -0.3 is 4.74 Å². The molecular weight excluding hydrogens is 409 g/mol. The molecule has 0 unspecified atom stereocenters. The molecule has 25 heavy (non-hydrogen) atoms. The van der Waals surface area contributed by atoms with E-state index in [0.717, 1.165) is 0 Å². The molecule has 0 saturated carbocycles. The summed E-state index contributed by atoms with van der Waals surface area (Å²) in [5.74, 6) is -0.132. The fraction of sp³-hybridized carbons (Fsp3) is 0. The number of aromatic nitrogens is 3. The summed E-state index contributed by atoms with van der Waals surface area (Å²) in [5, 5.41) is 0.547. The molecule has 3 aromatic rings. The minimum absolute atomic E-state index is 0.000417. The second kappa shape index (κ2) is 7.13. The van der Waals surface area contributed by atoms with E-state index >= 15 is 0 Å². The molecule has 0 saturated heterocycles. The van der Waals surface area contributed by atoms with Crippen LogP contribution in [0.3, 0.4) is 0 Å². The van der Waals surface area contributed by atoms with Gasteiger partial charge in [-0.25, -0.2) is 13.4 Å². The van der Waals surface area contributed by atoms with Gasteiger partial charge in [0.05, 0.1) is 9.92 Å². The highest BCUT2D eigenvalue weighted by Crippen LogP contribution is 2.39. The van der Waals surface area contributed by atoms with Gasteiger partial charge in [-0.05, 0) is 36.4 Å². The molecular formula is C15H8Cl3N3O3S. The monoisotopic (exact) mass is 415 g/mol. The Morgan fingerprint density at radius 2 is 1.52 bits per heavy atom. The number of sulfone groups is 1. The maximum absolute atomic E-state index is 13.0. The summed E-state index contributed by atoms with van der Waals surface area (Å²) in [6, 6.07) is 8.18. The SMILES string of the molecule is O=S(=O)(c1ccc(Cl)cc1)c1cc(Cl)cc(Cl)c1Oc1ncncn1. The van der Waals surface area contributed by atoms with Crippen LogP contribution in [0.5, 0.6) is 11.8 Å². The van der Waals surface area contributed by atoms with Crippen LogP contribution in [-0.4, -0.2) is 23.4 Å². The predicted molar refractivity (Wildman–Crippen MR) is 93.3 cm³/mol. The zero-order valence-electron chi connectivity index (χ0n) is 12.2. The Kier molecular flexibility index (Phi) is 5.10. The molecule has 1 aromatic heterocycles. The third-order valence-corrected chi connectivity index (χ3v) is 5.58. The van der Waals surface area contributed by atoms with Crippen molar-refractivity contribution in [2.45, 2.75) is 9.79 Å². The first kappa shape index (κ1) is 17.9.